The molecule has 0 aromatic rings. The summed E-state index contributed by atoms with van der Waals surface area (Å²) in [6.45, 7) is 7.90. The van der Waals surface area contributed by atoms with Crippen molar-refractivity contribution in [3.05, 3.63) is 0 Å². The lowest BCUT2D eigenvalue weighted by Gasteiger charge is -2.36. The van der Waals surface area contributed by atoms with E-state index in [0.29, 0.717) is 13.2 Å². The van der Waals surface area contributed by atoms with Gasteiger partial charge in [-0.2, -0.15) is 5.48 Å². The van der Waals surface area contributed by atoms with E-state index in [2.05, 4.69) is 5.48 Å². The number of carbonyl (C=O) groups excluding carboxylic acids is 1. The second kappa shape index (κ2) is 7.07. The van der Waals surface area contributed by atoms with Gasteiger partial charge in [-0.05, 0) is 46.6 Å². The van der Waals surface area contributed by atoms with Gasteiger partial charge in [0.2, 0.25) is 0 Å². The second-order valence-electron chi connectivity index (χ2n) is 6.04. The van der Waals surface area contributed by atoms with Gasteiger partial charge in [-0.3, -0.25) is 4.84 Å². The van der Waals surface area contributed by atoms with E-state index in [4.69, 9.17) is 20.0 Å². The molecule has 1 rings (SSSR count). The van der Waals surface area contributed by atoms with Gasteiger partial charge in [-0.1, -0.05) is 0 Å². The first-order valence-corrected chi connectivity index (χ1v) is 6.75. The Morgan fingerprint density at radius 3 is 2.53 bits per heavy atom. The molecule has 1 saturated heterocycles. The Labute approximate surface area is 114 Å². The van der Waals surface area contributed by atoms with Crippen molar-refractivity contribution in [2.45, 2.75) is 45.6 Å². The third-order valence-corrected chi connectivity index (χ3v) is 3.16. The monoisotopic (exact) mass is 274 g/mol. The van der Waals surface area contributed by atoms with Crippen LogP contribution in [0, 0.1) is 5.41 Å². The van der Waals surface area contributed by atoms with Crippen LogP contribution < -0.4 is 11.2 Å². The average molecular weight is 274 g/mol. The lowest BCUT2D eigenvalue weighted by Crippen LogP contribution is -2.40. The van der Waals surface area contributed by atoms with E-state index < -0.39 is 11.7 Å². The first-order chi connectivity index (χ1) is 8.87. The van der Waals surface area contributed by atoms with Crippen molar-refractivity contribution in [2.24, 2.45) is 11.1 Å². The van der Waals surface area contributed by atoms with E-state index in [9.17, 15) is 4.79 Å². The maximum absolute atomic E-state index is 11.5. The maximum Gasteiger partial charge on any atom is 0.431 e. The molecular weight excluding hydrogens is 248 g/mol. The number of hydroxylamine groups is 1. The molecule has 19 heavy (non-hydrogen) atoms. The van der Waals surface area contributed by atoms with Crippen molar-refractivity contribution in [3.63, 3.8) is 0 Å². The Balaban J connectivity index is 2.34. The summed E-state index contributed by atoms with van der Waals surface area (Å²) >= 11 is 0. The number of ether oxygens (including phenoxy) is 2. The summed E-state index contributed by atoms with van der Waals surface area (Å²) in [5.41, 5.74) is 7.45. The Bertz CT molecular complexity index is 277. The molecule has 0 spiro atoms. The molecule has 0 aromatic carbocycles. The summed E-state index contributed by atoms with van der Waals surface area (Å²) in [6.07, 6.45) is 2.11. The number of hydrogen-bond acceptors (Lipinski definition) is 5. The van der Waals surface area contributed by atoms with Crippen LogP contribution in [0.2, 0.25) is 0 Å². The van der Waals surface area contributed by atoms with E-state index >= 15 is 0 Å². The molecule has 0 aliphatic carbocycles. The van der Waals surface area contributed by atoms with Gasteiger partial charge in [0.1, 0.15) is 5.60 Å². The van der Waals surface area contributed by atoms with Crippen LogP contribution in [0.3, 0.4) is 0 Å². The number of amides is 1. The lowest BCUT2D eigenvalue weighted by molar-refractivity contribution is -0.0748. The van der Waals surface area contributed by atoms with Crippen LogP contribution in [0.5, 0.6) is 0 Å². The van der Waals surface area contributed by atoms with Gasteiger partial charge >= 0.3 is 6.09 Å². The fraction of sp³-hybridized carbons (Fsp3) is 0.923. The molecule has 1 fully saturated rings. The topological polar surface area (TPSA) is 82.8 Å². The molecule has 0 aromatic heterocycles. The van der Waals surface area contributed by atoms with Gasteiger partial charge in [0.25, 0.3) is 0 Å². The van der Waals surface area contributed by atoms with E-state index in [0.717, 1.165) is 32.5 Å². The van der Waals surface area contributed by atoms with Gasteiger partial charge in [-0.15, -0.1) is 0 Å². The first kappa shape index (κ1) is 16.2. The van der Waals surface area contributed by atoms with Crippen molar-refractivity contribution >= 4 is 6.09 Å². The number of carbonyl (C=O) groups is 1. The summed E-state index contributed by atoms with van der Waals surface area (Å²) in [5.74, 6) is 0. The van der Waals surface area contributed by atoms with Crippen LogP contribution in [-0.4, -0.2) is 38.1 Å². The zero-order valence-corrected chi connectivity index (χ0v) is 12.2. The molecule has 1 heterocycles. The van der Waals surface area contributed by atoms with Crippen LogP contribution >= 0.6 is 0 Å². The fourth-order valence-corrected chi connectivity index (χ4v) is 2.12. The molecular formula is C13H26N2O4. The molecule has 112 valence electrons. The largest absolute Gasteiger partial charge is 0.442 e. The summed E-state index contributed by atoms with van der Waals surface area (Å²) < 4.78 is 10.5. The van der Waals surface area contributed by atoms with Crippen LogP contribution in [0.1, 0.15) is 40.0 Å². The minimum absolute atomic E-state index is 0.00200. The normalized spacial score (nSPS) is 18.9. The summed E-state index contributed by atoms with van der Waals surface area (Å²) in [7, 11) is 0. The molecule has 0 saturated carbocycles. The van der Waals surface area contributed by atoms with Gasteiger partial charge in [-0.25, -0.2) is 4.79 Å². The third kappa shape index (κ3) is 6.22. The molecule has 6 heteroatoms. The van der Waals surface area contributed by atoms with Crippen molar-refractivity contribution in [1.29, 1.82) is 0 Å². The molecule has 6 nitrogen and oxygen atoms in total. The van der Waals surface area contributed by atoms with Gasteiger partial charge in [0.05, 0.1) is 6.61 Å². The Hall–Kier alpha value is -0.850. The predicted molar refractivity (Wildman–Crippen MR) is 71.5 cm³/mol. The van der Waals surface area contributed by atoms with Crippen LogP contribution in [0.25, 0.3) is 0 Å². The van der Waals surface area contributed by atoms with E-state index in [1.54, 1.807) is 20.8 Å². The molecule has 1 aliphatic heterocycles. The minimum atomic E-state index is -0.567. The highest BCUT2D eigenvalue weighted by atomic mass is 16.7. The third-order valence-electron chi connectivity index (χ3n) is 3.16. The lowest BCUT2D eigenvalue weighted by atomic mass is 9.78. The molecule has 1 amide bonds. The predicted octanol–water partition coefficient (Wildman–Crippen LogP) is 1.59. The van der Waals surface area contributed by atoms with E-state index in [1.165, 1.54) is 0 Å². The molecule has 0 radical (unpaired) electrons. The smallest absolute Gasteiger partial charge is 0.431 e. The van der Waals surface area contributed by atoms with Crippen molar-refractivity contribution in [3.8, 4) is 0 Å². The van der Waals surface area contributed by atoms with Crippen LogP contribution in [0.4, 0.5) is 4.79 Å². The Morgan fingerprint density at radius 1 is 1.37 bits per heavy atom. The summed E-state index contributed by atoms with van der Waals surface area (Å²) in [6, 6.07) is 0. The first-order valence-electron chi connectivity index (χ1n) is 6.75. The van der Waals surface area contributed by atoms with E-state index in [-0.39, 0.29) is 5.41 Å². The second-order valence-corrected chi connectivity index (χ2v) is 6.04. The number of nitrogens with one attached hydrogen (secondary N) is 1. The van der Waals surface area contributed by atoms with Crippen LogP contribution in [-0.2, 0) is 14.3 Å². The highest BCUT2D eigenvalue weighted by molar-refractivity contribution is 5.66. The molecule has 0 unspecified atom stereocenters. The van der Waals surface area contributed by atoms with Gasteiger partial charge < -0.3 is 15.2 Å². The molecule has 1 aliphatic rings. The standard InChI is InChI=1S/C13H26N2O4/c1-12(2,3)19-11(16)15-18-10-13(4-7-14)5-8-17-9-6-13/h4-10,14H2,1-3H3,(H,15,16). The van der Waals surface area contributed by atoms with Crippen molar-refractivity contribution < 1.29 is 19.1 Å². The van der Waals surface area contributed by atoms with Crippen molar-refractivity contribution in [2.75, 3.05) is 26.4 Å². The minimum Gasteiger partial charge on any atom is -0.442 e. The molecule has 0 bridgehead atoms. The molecule has 3 N–H and O–H groups in total. The zero-order chi connectivity index (χ0) is 14.4. The number of nitrogens with two attached hydrogens (primary N) is 1. The number of rotatable bonds is 5. The zero-order valence-electron chi connectivity index (χ0n) is 12.2. The Kier molecular flexibility index (Phi) is 6.03. The fourth-order valence-electron chi connectivity index (χ4n) is 2.12. The highest BCUT2D eigenvalue weighted by Gasteiger charge is 2.32. The Morgan fingerprint density at radius 2 is 2.00 bits per heavy atom. The number of hydrogen-bond donors (Lipinski definition) is 2. The molecule has 0 atom stereocenters. The average Bonchev–Trinajstić information content (AvgIpc) is 2.28. The van der Waals surface area contributed by atoms with Crippen molar-refractivity contribution in [1.82, 2.24) is 5.48 Å². The quantitative estimate of drug-likeness (QED) is 0.744. The maximum atomic E-state index is 11.5. The highest BCUT2D eigenvalue weighted by Crippen LogP contribution is 2.33. The summed E-state index contributed by atoms with van der Waals surface area (Å²) in [5, 5.41) is 0. The van der Waals surface area contributed by atoms with Crippen LogP contribution in [0.15, 0.2) is 0 Å². The van der Waals surface area contributed by atoms with Gasteiger partial charge in [0, 0.05) is 18.6 Å². The summed E-state index contributed by atoms with van der Waals surface area (Å²) in [4.78, 5) is 16.8. The van der Waals surface area contributed by atoms with Gasteiger partial charge in [0.15, 0.2) is 0 Å². The van der Waals surface area contributed by atoms with E-state index in [1.807, 2.05) is 0 Å². The SMILES string of the molecule is CC(C)(C)OC(=O)NOCC1(CCN)CCOCC1.